The highest BCUT2D eigenvalue weighted by Gasteiger charge is 2.13. The van der Waals surface area contributed by atoms with E-state index in [2.05, 4.69) is 0 Å². The second kappa shape index (κ2) is 6.13. The molecule has 0 atom stereocenters. The van der Waals surface area contributed by atoms with Crippen LogP contribution in [0.25, 0.3) is 0 Å². The van der Waals surface area contributed by atoms with Gasteiger partial charge in [0, 0.05) is 11.3 Å². The SMILES string of the molecule is COc1cccc(COc2ccc(N)cc2C(N)=O)c1F. The average molecular weight is 290 g/mol. The number of benzene rings is 2. The topological polar surface area (TPSA) is 87.6 Å². The lowest BCUT2D eigenvalue weighted by molar-refractivity contribution is 0.0996. The predicted octanol–water partition coefficient (Wildman–Crippen LogP) is 2.09. The van der Waals surface area contributed by atoms with Crippen molar-refractivity contribution in [3.8, 4) is 11.5 Å². The van der Waals surface area contributed by atoms with Crippen LogP contribution in [0.15, 0.2) is 36.4 Å². The van der Waals surface area contributed by atoms with Crippen LogP contribution in [0.1, 0.15) is 15.9 Å². The number of amides is 1. The van der Waals surface area contributed by atoms with Crippen molar-refractivity contribution in [3.05, 3.63) is 53.3 Å². The minimum atomic E-state index is -0.664. The van der Waals surface area contributed by atoms with E-state index in [1.807, 2.05) is 0 Å². The number of primary amides is 1. The molecule has 0 fully saturated rings. The molecule has 0 aliphatic heterocycles. The van der Waals surface area contributed by atoms with Crippen molar-refractivity contribution in [2.75, 3.05) is 12.8 Å². The number of nitrogen functional groups attached to an aromatic ring is 1. The summed E-state index contributed by atoms with van der Waals surface area (Å²) in [6.07, 6.45) is 0. The summed E-state index contributed by atoms with van der Waals surface area (Å²) in [5, 5.41) is 0. The van der Waals surface area contributed by atoms with Gasteiger partial charge in [0.05, 0.1) is 12.7 Å². The molecule has 0 saturated carbocycles. The molecule has 0 aliphatic carbocycles. The van der Waals surface area contributed by atoms with E-state index >= 15 is 0 Å². The first-order chi connectivity index (χ1) is 10.0. The standard InChI is InChI=1S/C15H15FN2O3/c1-20-13-4-2-3-9(14(13)16)8-21-12-6-5-10(17)7-11(12)15(18)19/h2-7H,8,17H2,1H3,(H2,18,19). The molecule has 2 aromatic carbocycles. The van der Waals surface area contributed by atoms with Crippen LogP contribution in [0.4, 0.5) is 10.1 Å². The zero-order valence-corrected chi connectivity index (χ0v) is 11.4. The van der Waals surface area contributed by atoms with E-state index < -0.39 is 11.7 Å². The summed E-state index contributed by atoms with van der Waals surface area (Å²) < 4.78 is 24.3. The highest BCUT2D eigenvalue weighted by Crippen LogP contribution is 2.24. The number of rotatable bonds is 5. The number of anilines is 1. The van der Waals surface area contributed by atoms with Gasteiger partial charge < -0.3 is 20.9 Å². The van der Waals surface area contributed by atoms with Crippen LogP contribution in [0.3, 0.4) is 0 Å². The van der Waals surface area contributed by atoms with Gasteiger partial charge in [-0.1, -0.05) is 12.1 Å². The zero-order chi connectivity index (χ0) is 15.4. The summed E-state index contributed by atoms with van der Waals surface area (Å²) in [6, 6.07) is 9.24. The Labute approximate surface area is 121 Å². The largest absolute Gasteiger partial charge is 0.494 e. The average Bonchev–Trinajstić information content (AvgIpc) is 2.47. The van der Waals surface area contributed by atoms with E-state index in [9.17, 15) is 9.18 Å². The first kappa shape index (κ1) is 14.6. The van der Waals surface area contributed by atoms with Crippen LogP contribution in [-0.4, -0.2) is 13.0 Å². The molecule has 0 unspecified atom stereocenters. The number of halogens is 1. The maximum Gasteiger partial charge on any atom is 0.252 e. The first-order valence-corrected chi connectivity index (χ1v) is 6.16. The molecule has 2 aromatic rings. The molecule has 0 radical (unpaired) electrons. The molecule has 0 bridgehead atoms. The third-order valence-electron chi connectivity index (χ3n) is 2.92. The van der Waals surface area contributed by atoms with Crippen molar-refractivity contribution in [2.45, 2.75) is 6.61 Å². The molecule has 4 N–H and O–H groups in total. The molecule has 21 heavy (non-hydrogen) atoms. The Morgan fingerprint density at radius 1 is 1.24 bits per heavy atom. The second-order valence-electron chi connectivity index (χ2n) is 4.34. The van der Waals surface area contributed by atoms with Gasteiger partial charge in [-0.25, -0.2) is 4.39 Å². The van der Waals surface area contributed by atoms with Gasteiger partial charge in [-0.15, -0.1) is 0 Å². The second-order valence-corrected chi connectivity index (χ2v) is 4.34. The lowest BCUT2D eigenvalue weighted by Crippen LogP contribution is -2.13. The Kier molecular flexibility index (Phi) is 4.27. The molecule has 0 aliphatic rings. The van der Waals surface area contributed by atoms with Crippen LogP contribution < -0.4 is 20.9 Å². The van der Waals surface area contributed by atoms with Gasteiger partial charge in [-0.2, -0.15) is 0 Å². The number of methoxy groups -OCH3 is 1. The summed E-state index contributed by atoms with van der Waals surface area (Å²) in [5.74, 6) is -0.790. The van der Waals surface area contributed by atoms with Crippen LogP contribution in [0.5, 0.6) is 11.5 Å². The summed E-state index contributed by atoms with van der Waals surface area (Å²) in [5.41, 5.74) is 11.7. The van der Waals surface area contributed by atoms with E-state index in [0.717, 1.165) is 0 Å². The Morgan fingerprint density at radius 2 is 2.00 bits per heavy atom. The summed E-state index contributed by atoms with van der Waals surface area (Å²) in [7, 11) is 1.38. The highest BCUT2D eigenvalue weighted by molar-refractivity contribution is 5.96. The fraction of sp³-hybridized carbons (Fsp3) is 0.133. The molecule has 0 aromatic heterocycles. The van der Waals surface area contributed by atoms with Crippen LogP contribution >= 0.6 is 0 Å². The van der Waals surface area contributed by atoms with Crippen molar-refractivity contribution in [1.29, 1.82) is 0 Å². The predicted molar refractivity (Wildman–Crippen MR) is 76.7 cm³/mol. The summed E-state index contributed by atoms with van der Waals surface area (Å²) in [6.45, 7) is -0.0623. The number of carbonyl (C=O) groups excluding carboxylic acids is 1. The van der Waals surface area contributed by atoms with Crippen molar-refractivity contribution >= 4 is 11.6 Å². The van der Waals surface area contributed by atoms with Crippen LogP contribution in [-0.2, 0) is 6.61 Å². The van der Waals surface area contributed by atoms with Crippen LogP contribution in [0, 0.1) is 5.82 Å². The minimum Gasteiger partial charge on any atom is -0.494 e. The summed E-state index contributed by atoms with van der Waals surface area (Å²) >= 11 is 0. The maximum atomic E-state index is 14.0. The van der Waals surface area contributed by atoms with Gasteiger partial charge in [-0.3, -0.25) is 4.79 Å². The molecular formula is C15H15FN2O3. The quantitative estimate of drug-likeness (QED) is 0.825. The molecule has 1 amide bonds. The molecule has 0 heterocycles. The number of hydrogen-bond donors (Lipinski definition) is 2. The third kappa shape index (κ3) is 3.22. The van der Waals surface area contributed by atoms with Gasteiger partial charge in [-0.05, 0) is 24.3 Å². The number of carbonyl (C=O) groups is 1. The summed E-state index contributed by atoms with van der Waals surface area (Å²) in [4.78, 5) is 11.3. The fourth-order valence-electron chi connectivity index (χ4n) is 1.85. The Morgan fingerprint density at radius 3 is 2.67 bits per heavy atom. The third-order valence-corrected chi connectivity index (χ3v) is 2.92. The fourth-order valence-corrected chi connectivity index (χ4v) is 1.85. The van der Waals surface area contributed by atoms with Gasteiger partial charge in [0.2, 0.25) is 0 Å². The van der Waals surface area contributed by atoms with E-state index in [1.54, 1.807) is 18.2 Å². The Balaban J connectivity index is 2.23. The smallest absolute Gasteiger partial charge is 0.252 e. The molecular weight excluding hydrogens is 275 g/mol. The zero-order valence-electron chi connectivity index (χ0n) is 11.4. The highest BCUT2D eigenvalue weighted by atomic mass is 19.1. The molecule has 6 heteroatoms. The first-order valence-electron chi connectivity index (χ1n) is 6.16. The maximum absolute atomic E-state index is 14.0. The molecule has 0 spiro atoms. The van der Waals surface area contributed by atoms with E-state index in [4.69, 9.17) is 20.9 Å². The van der Waals surface area contributed by atoms with Gasteiger partial charge >= 0.3 is 0 Å². The van der Waals surface area contributed by atoms with Crippen molar-refractivity contribution < 1.29 is 18.7 Å². The Hall–Kier alpha value is -2.76. The van der Waals surface area contributed by atoms with Gasteiger partial charge in [0.25, 0.3) is 5.91 Å². The van der Waals surface area contributed by atoms with E-state index in [-0.39, 0.29) is 23.7 Å². The number of nitrogens with two attached hydrogens (primary N) is 2. The minimum absolute atomic E-state index is 0.0623. The molecule has 5 nitrogen and oxygen atoms in total. The van der Waals surface area contributed by atoms with Crippen molar-refractivity contribution in [3.63, 3.8) is 0 Å². The van der Waals surface area contributed by atoms with Crippen molar-refractivity contribution in [2.24, 2.45) is 5.73 Å². The van der Waals surface area contributed by atoms with E-state index in [1.165, 1.54) is 25.3 Å². The Bertz CT molecular complexity index is 674. The molecule has 110 valence electrons. The van der Waals surface area contributed by atoms with Crippen molar-refractivity contribution in [1.82, 2.24) is 0 Å². The number of ether oxygens (including phenoxy) is 2. The van der Waals surface area contributed by atoms with Gasteiger partial charge in [0.1, 0.15) is 12.4 Å². The molecule has 0 saturated heterocycles. The van der Waals surface area contributed by atoms with Crippen LogP contribution in [0.2, 0.25) is 0 Å². The monoisotopic (exact) mass is 290 g/mol. The molecule has 2 rings (SSSR count). The number of hydrogen-bond acceptors (Lipinski definition) is 4. The lowest BCUT2D eigenvalue weighted by Gasteiger charge is -2.12. The lowest BCUT2D eigenvalue weighted by atomic mass is 10.1. The van der Waals surface area contributed by atoms with E-state index in [0.29, 0.717) is 11.3 Å². The van der Waals surface area contributed by atoms with Gasteiger partial charge in [0.15, 0.2) is 11.6 Å². The normalized spacial score (nSPS) is 10.2.